The highest BCUT2D eigenvalue weighted by Crippen LogP contribution is 2.38. The normalized spacial score (nSPS) is 24.0. The van der Waals surface area contributed by atoms with E-state index in [2.05, 4.69) is 10.1 Å². The molecule has 0 radical (unpaired) electrons. The van der Waals surface area contributed by atoms with Crippen LogP contribution in [0.15, 0.2) is 4.52 Å². The molecule has 2 atom stereocenters. The number of hydrogen-bond acceptors (Lipinski definition) is 5. The van der Waals surface area contributed by atoms with Gasteiger partial charge in [-0.05, 0) is 25.0 Å². The van der Waals surface area contributed by atoms with Gasteiger partial charge in [0.2, 0.25) is 5.89 Å². The second kappa shape index (κ2) is 4.31. The Kier molecular flexibility index (Phi) is 3.08. The van der Waals surface area contributed by atoms with Gasteiger partial charge in [0.05, 0.1) is 11.3 Å². The summed E-state index contributed by atoms with van der Waals surface area (Å²) < 4.78 is 5.13. The van der Waals surface area contributed by atoms with E-state index >= 15 is 0 Å². The fraction of sp³-hybridized carbons (Fsp3) is 0.778. The van der Waals surface area contributed by atoms with E-state index in [-0.39, 0.29) is 6.04 Å². The quantitative estimate of drug-likeness (QED) is 0.832. The molecule has 2 N–H and O–H groups in total. The monoisotopic (exact) mass is 213 g/mol. The summed E-state index contributed by atoms with van der Waals surface area (Å²) in [7, 11) is 0. The Bertz CT molecular complexity index is 296. The zero-order chi connectivity index (χ0) is 9.97. The molecule has 1 fully saturated rings. The summed E-state index contributed by atoms with van der Waals surface area (Å²) >= 11 is 1.90. The van der Waals surface area contributed by atoms with Gasteiger partial charge in [0.15, 0.2) is 5.82 Å². The van der Waals surface area contributed by atoms with Crippen molar-refractivity contribution in [3.8, 4) is 0 Å². The molecule has 1 aliphatic rings. The summed E-state index contributed by atoms with van der Waals surface area (Å²) in [4.78, 5) is 4.34. The molecule has 1 aromatic heterocycles. The topological polar surface area (TPSA) is 64.9 Å². The molecule has 0 amide bonds. The largest absolute Gasteiger partial charge is 0.338 e. The number of nitrogens with two attached hydrogens (primary N) is 1. The van der Waals surface area contributed by atoms with Gasteiger partial charge in [-0.25, -0.2) is 0 Å². The van der Waals surface area contributed by atoms with Crippen molar-refractivity contribution >= 4 is 11.8 Å². The van der Waals surface area contributed by atoms with Gasteiger partial charge in [-0.2, -0.15) is 16.7 Å². The van der Waals surface area contributed by atoms with E-state index in [0.717, 1.165) is 18.7 Å². The fourth-order valence-corrected chi connectivity index (χ4v) is 2.68. The summed E-state index contributed by atoms with van der Waals surface area (Å²) in [6.07, 6.45) is 3.24. The molecule has 4 nitrogen and oxygen atoms in total. The lowest BCUT2D eigenvalue weighted by atomic mass is 10.2. The van der Waals surface area contributed by atoms with Crippen LogP contribution in [0.2, 0.25) is 0 Å². The van der Waals surface area contributed by atoms with Crippen molar-refractivity contribution in [3.63, 3.8) is 0 Å². The van der Waals surface area contributed by atoms with Gasteiger partial charge in [-0.15, -0.1) is 0 Å². The molecule has 0 spiro atoms. The van der Waals surface area contributed by atoms with E-state index in [0.29, 0.717) is 11.1 Å². The molecular weight excluding hydrogens is 198 g/mol. The molecule has 78 valence electrons. The Morgan fingerprint density at radius 1 is 1.71 bits per heavy atom. The highest BCUT2D eigenvalue weighted by Gasteiger charge is 2.23. The van der Waals surface area contributed by atoms with Crippen LogP contribution in [0.3, 0.4) is 0 Å². The third-order valence-corrected chi connectivity index (χ3v) is 3.81. The van der Waals surface area contributed by atoms with Crippen molar-refractivity contribution in [1.29, 1.82) is 0 Å². The predicted molar refractivity (Wildman–Crippen MR) is 56.0 cm³/mol. The van der Waals surface area contributed by atoms with Crippen LogP contribution in [-0.2, 0) is 0 Å². The van der Waals surface area contributed by atoms with Crippen molar-refractivity contribution in [2.75, 3.05) is 5.75 Å². The third-order valence-electron chi connectivity index (χ3n) is 2.43. The lowest BCUT2D eigenvalue weighted by Crippen LogP contribution is -2.09. The Balaban J connectivity index is 2.08. The van der Waals surface area contributed by atoms with E-state index in [1.54, 1.807) is 0 Å². The Morgan fingerprint density at radius 2 is 2.57 bits per heavy atom. The SMILES string of the molecule is CC[C@H](N)c1nc(C2CCCS2)no1. The first-order chi connectivity index (χ1) is 6.81. The predicted octanol–water partition coefficient (Wildman–Crippen LogP) is 2.05. The maximum absolute atomic E-state index is 5.80. The molecule has 0 saturated carbocycles. The minimum atomic E-state index is -0.109. The Hall–Kier alpha value is -0.550. The lowest BCUT2D eigenvalue weighted by Gasteiger charge is -2.01. The van der Waals surface area contributed by atoms with E-state index in [1.807, 2.05) is 18.7 Å². The van der Waals surface area contributed by atoms with Gasteiger partial charge in [-0.1, -0.05) is 12.1 Å². The van der Waals surface area contributed by atoms with Crippen molar-refractivity contribution in [3.05, 3.63) is 11.7 Å². The van der Waals surface area contributed by atoms with Gasteiger partial charge in [0.1, 0.15) is 0 Å². The minimum absolute atomic E-state index is 0.109. The molecule has 2 rings (SSSR count). The molecule has 0 bridgehead atoms. The zero-order valence-corrected chi connectivity index (χ0v) is 9.09. The van der Waals surface area contributed by atoms with Crippen LogP contribution >= 0.6 is 11.8 Å². The maximum atomic E-state index is 5.80. The second-order valence-electron chi connectivity index (χ2n) is 3.51. The van der Waals surface area contributed by atoms with E-state index in [4.69, 9.17) is 10.3 Å². The average molecular weight is 213 g/mol. The summed E-state index contributed by atoms with van der Waals surface area (Å²) in [5.74, 6) is 2.61. The summed E-state index contributed by atoms with van der Waals surface area (Å²) in [5, 5.41) is 4.41. The first kappa shape index (κ1) is 9.98. The van der Waals surface area contributed by atoms with Crippen LogP contribution in [0.4, 0.5) is 0 Å². The highest BCUT2D eigenvalue weighted by molar-refractivity contribution is 7.99. The molecule has 2 heterocycles. The van der Waals surface area contributed by atoms with Crippen LogP contribution in [-0.4, -0.2) is 15.9 Å². The number of rotatable bonds is 3. The number of hydrogen-bond donors (Lipinski definition) is 1. The summed E-state index contributed by atoms with van der Waals surface area (Å²) in [6, 6.07) is -0.109. The first-order valence-corrected chi connectivity index (χ1v) is 6.06. The molecule has 5 heteroatoms. The maximum Gasteiger partial charge on any atom is 0.243 e. The van der Waals surface area contributed by atoms with Gasteiger partial charge in [0.25, 0.3) is 0 Å². The molecule has 1 aromatic rings. The molecule has 1 unspecified atom stereocenters. The second-order valence-corrected chi connectivity index (χ2v) is 4.82. The smallest absolute Gasteiger partial charge is 0.243 e. The van der Waals surface area contributed by atoms with Crippen LogP contribution < -0.4 is 5.73 Å². The molecular formula is C9H15N3OS. The van der Waals surface area contributed by atoms with Crippen LogP contribution in [0.1, 0.15) is 49.2 Å². The van der Waals surface area contributed by atoms with Gasteiger partial charge < -0.3 is 10.3 Å². The molecule has 14 heavy (non-hydrogen) atoms. The number of thioether (sulfide) groups is 1. The van der Waals surface area contributed by atoms with Gasteiger partial charge >= 0.3 is 0 Å². The Labute approximate surface area is 87.6 Å². The summed E-state index contributed by atoms with van der Waals surface area (Å²) in [5.41, 5.74) is 5.80. The first-order valence-electron chi connectivity index (χ1n) is 5.02. The number of aromatic nitrogens is 2. The van der Waals surface area contributed by atoms with Gasteiger partial charge in [-0.3, -0.25) is 0 Å². The standard InChI is InChI=1S/C9H15N3OS/c1-2-6(10)9-11-8(12-13-9)7-4-3-5-14-7/h6-7H,2-5,10H2,1H3/t6-,7?/m0/s1. The van der Waals surface area contributed by atoms with Crippen molar-refractivity contribution in [2.24, 2.45) is 5.73 Å². The van der Waals surface area contributed by atoms with E-state index in [9.17, 15) is 0 Å². The molecule has 1 aliphatic heterocycles. The average Bonchev–Trinajstić information content (AvgIpc) is 2.86. The lowest BCUT2D eigenvalue weighted by molar-refractivity contribution is 0.348. The van der Waals surface area contributed by atoms with E-state index < -0.39 is 0 Å². The van der Waals surface area contributed by atoms with E-state index in [1.165, 1.54) is 12.2 Å². The van der Waals surface area contributed by atoms with Crippen molar-refractivity contribution in [1.82, 2.24) is 10.1 Å². The van der Waals surface area contributed by atoms with Crippen LogP contribution in [0, 0.1) is 0 Å². The third kappa shape index (κ3) is 1.93. The highest BCUT2D eigenvalue weighted by atomic mass is 32.2. The minimum Gasteiger partial charge on any atom is -0.338 e. The van der Waals surface area contributed by atoms with Crippen molar-refractivity contribution in [2.45, 2.75) is 37.5 Å². The van der Waals surface area contributed by atoms with Crippen molar-refractivity contribution < 1.29 is 4.52 Å². The molecule has 1 saturated heterocycles. The van der Waals surface area contributed by atoms with Crippen LogP contribution in [0.25, 0.3) is 0 Å². The number of nitrogens with zero attached hydrogens (tertiary/aromatic N) is 2. The fourth-order valence-electron chi connectivity index (χ4n) is 1.48. The Morgan fingerprint density at radius 3 is 3.21 bits per heavy atom. The van der Waals surface area contributed by atoms with Gasteiger partial charge in [0, 0.05) is 0 Å². The molecule has 0 aromatic carbocycles. The zero-order valence-electron chi connectivity index (χ0n) is 8.27. The molecule has 0 aliphatic carbocycles. The van der Waals surface area contributed by atoms with Crippen LogP contribution in [0.5, 0.6) is 0 Å². The summed E-state index contributed by atoms with van der Waals surface area (Å²) in [6.45, 7) is 2.01.